The van der Waals surface area contributed by atoms with Gasteiger partial charge in [0.15, 0.2) is 5.82 Å². The van der Waals surface area contributed by atoms with Gasteiger partial charge in [0.25, 0.3) is 0 Å². The Labute approximate surface area is 321 Å². The van der Waals surface area contributed by atoms with Crippen LogP contribution in [0.2, 0.25) is 0 Å². The first-order valence-corrected chi connectivity index (χ1v) is 18.9. The van der Waals surface area contributed by atoms with Crippen LogP contribution in [0.4, 0.5) is 0 Å². The van der Waals surface area contributed by atoms with E-state index in [9.17, 15) is 0 Å². The van der Waals surface area contributed by atoms with Gasteiger partial charge >= 0.3 is 0 Å². The molecule has 6 nitrogen and oxygen atoms in total. The highest BCUT2D eigenvalue weighted by Gasteiger charge is 2.21. The molecule has 0 bridgehead atoms. The van der Waals surface area contributed by atoms with Crippen LogP contribution in [0.1, 0.15) is 0 Å². The summed E-state index contributed by atoms with van der Waals surface area (Å²) in [6.45, 7) is 0. The zero-order valence-electron chi connectivity index (χ0n) is 30.2. The van der Waals surface area contributed by atoms with E-state index < -0.39 is 0 Å². The molecule has 5 aromatic heterocycles. The first-order chi connectivity index (χ1) is 27.8. The van der Waals surface area contributed by atoms with E-state index >= 15 is 0 Å². The van der Waals surface area contributed by atoms with E-state index in [0.29, 0.717) is 5.82 Å². The Hall–Kier alpha value is -7.70. The normalized spacial score (nSPS) is 11.9. The summed E-state index contributed by atoms with van der Waals surface area (Å²) < 4.78 is 9.16. The maximum Gasteiger partial charge on any atom is 0.163 e. The molecule has 0 N–H and O–H groups in total. The Bertz CT molecular complexity index is 3250. The monoisotopic (exact) mass is 716 g/mol. The molecule has 7 aromatic carbocycles. The molecule has 12 rings (SSSR count). The van der Waals surface area contributed by atoms with Gasteiger partial charge in [-0.25, -0.2) is 9.97 Å². The summed E-state index contributed by atoms with van der Waals surface area (Å²) in [5.41, 5.74) is 9.84. The number of fused-ring (bicyclic) bond motifs is 8. The highest BCUT2D eigenvalue weighted by Crippen LogP contribution is 2.39. The van der Waals surface area contributed by atoms with E-state index in [-0.39, 0.29) is 0 Å². The number of hydrogen-bond acceptors (Lipinski definition) is 2. The van der Waals surface area contributed by atoms with Crippen LogP contribution < -0.4 is 0 Å². The molecule has 0 radical (unpaired) electrons. The molecule has 0 aliphatic heterocycles. The molecule has 12 aromatic rings. The zero-order valence-corrected chi connectivity index (χ0v) is 30.2. The maximum atomic E-state index is 5.39. The minimum atomic E-state index is 0.664. The van der Waals surface area contributed by atoms with E-state index in [1.807, 2.05) is 6.07 Å². The summed E-state index contributed by atoms with van der Waals surface area (Å²) in [7, 11) is 0. The minimum absolute atomic E-state index is 0.664. The first-order valence-electron chi connectivity index (χ1n) is 18.9. The molecule has 0 aliphatic carbocycles. The van der Waals surface area contributed by atoms with Crippen molar-refractivity contribution in [2.75, 3.05) is 0 Å². The van der Waals surface area contributed by atoms with Crippen molar-refractivity contribution in [1.82, 2.24) is 28.2 Å². The fourth-order valence-electron chi connectivity index (χ4n) is 8.68. The van der Waals surface area contributed by atoms with E-state index in [0.717, 1.165) is 61.7 Å². The predicted molar refractivity (Wildman–Crippen MR) is 230 cm³/mol. The first kappa shape index (κ1) is 30.7. The molecule has 6 heteroatoms. The van der Waals surface area contributed by atoms with Gasteiger partial charge in [0, 0.05) is 67.7 Å². The van der Waals surface area contributed by atoms with Gasteiger partial charge in [-0.1, -0.05) is 103 Å². The van der Waals surface area contributed by atoms with Crippen LogP contribution in [0.5, 0.6) is 0 Å². The molecular weight excluding hydrogens is 685 g/mol. The van der Waals surface area contributed by atoms with Gasteiger partial charge in [-0.2, -0.15) is 0 Å². The third kappa shape index (κ3) is 4.56. The number of hydrogen-bond donors (Lipinski definition) is 0. The second-order valence-corrected chi connectivity index (χ2v) is 14.4. The van der Waals surface area contributed by atoms with Crippen LogP contribution in [0.15, 0.2) is 194 Å². The topological polar surface area (TPSA) is 45.5 Å². The standard InChI is InChI=1S/C50H32N6/c1-4-14-33(15-5-1)50-51-48(55-42-22-12-10-20-38(42)40-28-34-24-26-53(44(34)30-46(40)55)36-16-6-2-7-17-36)32-49(52-50)56-43-23-13-11-21-39(43)41-29-35-25-27-54(45(35)31-47(41)56)37-18-8-3-9-19-37/h1-32H. The van der Waals surface area contributed by atoms with Crippen molar-refractivity contribution in [2.45, 2.75) is 0 Å². The third-order valence-corrected chi connectivity index (χ3v) is 11.2. The molecule has 0 aliphatic rings. The van der Waals surface area contributed by atoms with Crippen molar-refractivity contribution < 1.29 is 0 Å². The number of para-hydroxylation sites is 4. The number of nitrogens with zero attached hydrogens (tertiary/aromatic N) is 6. The van der Waals surface area contributed by atoms with Gasteiger partial charge in [-0.05, 0) is 72.8 Å². The Morgan fingerprint density at radius 3 is 1.23 bits per heavy atom. The Kier molecular flexibility index (Phi) is 6.53. The van der Waals surface area contributed by atoms with E-state index in [4.69, 9.17) is 9.97 Å². The molecule has 0 saturated carbocycles. The van der Waals surface area contributed by atoms with E-state index in [1.165, 1.54) is 32.3 Å². The van der Waals surface area contributed by atoms with Gasteiger partial charge in [0.05, 0.1) is 33.1 Å². The highest BCUT2D eigenvalue weighted by atomic mass is 15.1. The lowest BCUT2D eigenvalue weighted by Crippen LogP contribution is -2.06. The summed E-state index contributed by atoms with van der Waals surface area (Å²) in [6, 6.07) is 64.5. The van der Waals surface area contributed by atoms with Gasteiger partial charge in [-0.3, -0.25) is 9.13 Å². The molecule has 262 valence electrons. The molecule has 0 amide bonds. The van der Waals surface area contributed by atoms with Crippen LogP contribution in [0.25, 0.3) is 99.8 Å². The molecule has 0 unspecified atom stereocenters. The Balaban J connectivity index is 1.17. The lowest BCUT2D eigenvalue weighted by Gasteiger charge is -2.14. The second kappa shape index (κ2) is 11.9. The molecular formula is C50H32N6. The van der Waals surface area contributed by atoms with Crippen molar-refractivity contribution in [3.8, 4) is 34.4 Å². The lowest BCUT2D eigenvalue weighted by atomic mass is 10.1. The molecule has 0 atom stereocenters. The van der Waals surface area contributed by atoms with Crippen molar-refractivity contribution >= 4 is 65.4 Å². The lowest BCUT2D eigenvalue weighted by molar-refractivity contribution is 0.994. The Morgan fingerprint density at radius 1 is 0.321 bits per heavy atom. The smallest absolute Gasteiger partial charge is 0.163 e. The molecule has 56 heavy (non-hydrogen) atoms. The van der Waals surface area contributed by atoms with E-state index in [2.05, 4.69) is 207 Å². The average Bonchev–Trinajstić information content (AvgIpc) is 4.03. The average molecular weight is 717 g/mol. The quantitative estimate of drug-likeness (QED) is 0.178. The molecule has 5 heterocycles. The molecule has 0 saturated heterocycles. The fourth-order valence-corrected chi connectivity index (χ4v) is 8.68. The largest absolute Gasteiger partial charge is 0.316 e. The summed E-state index contributed by atoms with van der Waals surface area (Å²) >= 11 is 0. The highest BCUT2D eigenvalue weighted by molar-refractivity contribution is 6.15. The minimum Gasteiger partial charge on any atom is -0.316 e. The van der Waals surface area contributed by atoms with Gasteiger partial charge in [-0.15, -0.1) is 0 Å². The van der Waals surface area contributed by atoms with Crippen molar-refractivity contribution in [1.29, 1.82) is 0 Å². The molecule has 0 fully saturated rings. The van der Waals surface area contributed by atoms with Crippen LogP contribution >= 0.6 is 0 Å². The molecule has 0 spiro atoms. The Morgan fingerprint density at radius 2 is 0.750 bits per heavy atom. The summed E-state index contributed by atoms with van der Waals surface area (Å²) in [5, 5.41) is 7.10. The fraction of sp³-hybridized carbons (Fsp3) is 0. The number of benzene rings is 7. The summed E-state index contributed by atoms with van der Waals surface area (Å²) in [5.74, 6) is 2.27. The number of aromatic nitrogens is 6. The van der Waals surface area contributed by atoms with Gasteiger partial charge in [0.1, 0.15) is 11.6 Å². The van der Waals surface area contributed by atoms with Crippen molar-refractivity contribution in [2.24, 2.45) is 0 Å². The number of rotatable bonds is 5. The van der Waals surface area contributed by atoms with E-state index in [1.54, 1.807) is 0 Å². The summed E-state index contributed by atoms with van der Waals surface area (Å²) in [4.78, 5) is 10.8. The van der Waals surface area contributed by atoms with Crippen LogP contribution in [-0.2, 0) is 0 Å². The van der Waals surface area contributed by atoms with Crippen LogP contribution in [0, 0.1) is 0 Å². The van der Waals surface area contributed by atoms with Crippen LogP contribution in [-0.4, -0.2) is 28.2 Å². The van der Waals surface area contributed by atoms with Crippen molar-refractivity contribution in [3.05, 3.63) is 194 Å². The summed E-state index contributed by atoms with van der Waals surface area (Å²) in [6.07, 6.45) is 4.32. The van der Waals surface area contributed by atoms with Gasteiger partial charge < -0.3 is 9.13 Å². The van der Waals surface area contributed by atoms with Crippen LogP contribution in [0.3, 0.4) is 0 Å². The van der Waals surface area contributed by atoms with Gasteiger partial charge in [0.2, 0.25) is 0 Å². The second-order valence-electron chi connectivity index (χ2n) is 14.4. The van der Waals surface area contributed by atoms with Crippen molar-refractivity contribution in [3.63, 3.8) is 0 Å². The zero-order chi connectivity index (χ0) is 36.7. The maximum absolute atomic E-state index is 5.39. The SMILES string of the molecule is c1ccc(-c2nc(-n3c4ccccc4c4cc5ccn(-c6ccccc6)c5cc43)cc(-n3c4ccccc4c4cc5ccn(-c6ccccc6)c5cc43)n2)cc1. The predicted octanol–water partition coefficient (Wildman–Crippen LogP) is 12.2. The third-order valence-electron chi connectivity index (χ3n) is 11.2.